The summed E-state index contributed by atoms with van der Waals surface area (Å²) in [6, 6.07) is 0.612. The maximum atomic E-state index is 4.54. The average molecular weight is 277 g/mol. The Morgan fingerprint density at radius 2 is 1.85 bits per heavy atom. The third-order valence-electron chi connectivity index (χ3n) is 4.03. The summed E-state index contributed by atoms with van der Waals surface area (Å²) in [5.41, 5.74) is 1.11. The molecule has 0 bridgehead atoms. The lowest BCUT2D eigenvalue weighted by atomic mass is 10.0. The van der Waals surface area contributed by atoms with Crippen molar-refractivity contribution < 1.29 is 0 Å². The molecule has 1 saturated heterocycles. The van der Waals surface area contributed by atoms with Crippen molar-refractivity contribution in [1.29, 1.82) is 0 Å². The van der Waals surface area contributed by atoms with Crippen LogP contribution >= 0.6 is 0 Å². The monoisotopic (exact) mass is 277 g/mol. The zero-order valence-electron chi connectivity index (χ0n) is 13.2. The number of likely N-dealkylation sites (N-methyl/N-ethyl adjacent to an activating group) is 1. The summed E-state index contributed by atoms with van der Waals surface area (Å²) in [4.78, 5) is 11.5. The Kier molecular flexibility index (Phi) is 5.17. The van der Waals surface area contributed by atoms with Gasteiger partial charge in [0.2, 0.25) is 0 Å². The molecule has 1 aromatic heterocycles. The minimum atomic E-state index is 0.612. The van der Waals surface area contributed by atoms with Crippen molar-refractivity contribution in [3.63, 3.8) is 0 Å². The molecule has 1 aromatic rings. The fourth-order valence-electron chi connectivity index (χ4n) is 2.76. The number of nitrogens with zero attached hydrogens (tertiary/aromatic N) is 3. The van der Waals surface area contributed by atoms with Gasteiger partial charge < -0.3 is 15.5 Å². The first-order valence-electron chi connectivity index (χ1n) is 7.65. The first-order chi connectivity index (χ1) is 9.61. The lowest BCUT2D eigenvalue weighted by molar-refractivity contribution is 0.194. The molecule has 1 unspecified atom stereocenters. The molecule has 0 saturated carbocycles. The van der Waals surface area contributed by atoms with Crippen molar-refractivity contribution in [2.24, 2.45) is 0 Å². The third-order valence-corrected chi connectivity index (χ3v) is 4.03. The Balaban J connectivity index is 2.04. The smallest absolute Gasteiger partial charge is 0.134 e. The van der Waals surface area contributed by atoms with Crippen LogP contribution in [0.4, 0.5) is 11.6 Å². The van der Waals surface area contributed by atoms with Crippen LogP contribution in [0.2, 0.25) is 0 Å². The predicted molar refractivity (Wildman–Crippen MR) is 84.4 cm³/mol. The van der Waals surface area contributed by atoms with Crippen LogP contribution in [0.25, 0.3) is 0 Å². The second kappa shape index (κ2) is 6.88. The van der Waals surface area contributed by atoms with Crippen molar-refractivity contribution in [3.05, 3.63) is 11.4 Å². The SMILES string of the molecule is CCNc1nc(C)nc(NCC2CCCCN2C)c1C. The predicted octanol–water partition coefficient (Wildman–Crippen LogP) is 2.42. The van der Waals surface area contributed by atoms with Crippen molar-refractivity contribution in [2.45, 2.75) is 46.1 Å². The number of aryl methyl sites for hydroxylation is 1. The molecule has 2 heterocycles. The summed E-state index contributed by atoms with van der Waals surface area (Å²) in [7, 11) is 2.22. The van der Waals surface area contributed by atoms with E-state index in [1.807, 2.05) is 6.92 Å². The van der Waals surface area contributed by atoms with Gasteiger partial charge in [-0.1, -0.05) is 6.42 Å². The average Bonchev–Trinajstić information content (AvgIpc) is 2.42. The number of nitrogens with one attached hydrogen (secondary N) is 2. The number of hydrogen-bond donors (Lipinski definition) is 2. The maximum absolute atomic E-state index is 4.54. The van der Waals surface area contributed by atoms with Gasteiger partial charge in [-0.25, -0.2) is 9.97 Å². The van der Waals surface area contributed by atoms with Crippen LogP contribution in [0.3, 0.4) is 0 Å². The van der Waals surface area contributed by atoms with E-state index in [1.54, 1.807) is 0 Å². The van der Waals surface area contributed by atoms with Crippen LogP contribution in [0.15, 0.2) is 0 Å². The molecule has 1 atom stereocenters. The van der Waals surface area contributed by atoms with Gasteiger partial charge in [-0.15, -0.1) is 0 Å². The number of hydrogen-bond acceptors (Lipinski definition) is 5. The normalized spacial score (nSPS) is 19.9. The molecule has 0 radical (unpaired) electrons. The molecule has 1 aliphatic heterocycles. The molecule has 1 fully saturated rings. The van der Waals surface area contributed by atoms with Gasteiger partial charge in [0.25, 0.3) is 0 Å². The zero-order chi connectivity index (χ0) is 14.5. The second-order valence-corrected chi connectivity index (χ2v) is 5.63. The molecular formula is C15H27N5. The molecule has 5 heteroatoms. The van der Waals surface area contributed by atoms with Crippen LogP contribution in [0.5, 0.6) is 0 Å². The summed E-state index contributed by atoms with van der Waals surface area (Å²) in [6.07, 6.45) is 3.93. The van der Waals surface area contributed by atoms with Gasteiger partial charge in [0.05, 0.1) is 0 Å². The summed E-state index contributed by atoms with van der Waals surface area (Å²) in [5.74, 6) is 2.72. The number of rotatable bonds is 5. The van der Waals surface area contributed by atoms with Gasteiger partial charge in [-0.05, 0) is 47.2 Å². The minimum absolute atomic E-state index is 0.612. The highest BCUT2D eigenvalue weighted by molar-refractivity contribution is 5.57. The van der Waals surface area contributed by atoms with E-state index in [0.717, 1.165) is 36.1 Å². The van der Waals surface area contributed by atoms with E-state index in [9.17, 15) is 0 Å². The molecule has 20 heavy (non-hydrogen) atoms. The Hall–Kier alpha value is -1.36. The third kappa shape index (κ3) is 3.60. The fraction of sp³-hybridized carbons (Fsp3) is 0.733. The lowest BCUT2D eigenvalue weighted by Crippen LogP contribution is -2.41. The number of anilines is 2. The highest BCUT2D eigenvalue weighted by atomic mass is 15.2. The van der Waals surface area contributed by atoms with Gasteiger partial charge in [-0.3, -0.25) is 0 Å². The van der Waals surface area contributed by atoms with E-state index in [4.69, 9.17) is 0 Å². The zero-order valence-corrected chi connectivity index (χ0v) is 13.2. The minimum Gasteiger partial charge on any atom is -0.370 e. The van der Waals surface area contributed by atoms with E-state index in [2.05, 4.69) is 46.4 Å². The first-order valence-corrected chi connectivity index (χ1v) is 7.65. The van der Waals surface area contributed by atoms with Crippen LogP contribution in [-0.2, 0) is 0 Å². The van der Waals surface area contributed by atoms with E-state index in [0.29, 0.717) is 6.04 Å². The molecule has 1 aliphatic rings. The fourth-order valence-corrected chi connectivity index (χ4v) is 2.76. The molecule has 2 N–H and O–H groups in total. The maximum Gasteiger partial charge on any atom is 0.134 e. The molecule has 5 nitrogen and oxygen atoms in total. The summed E-state index contributed by atoms with van der Waals surface area (Å²) in [6.45, 7) is 9.14. The number of piperidine rings is 1. The Morgan fingerprint density at radius 1 is 1.15 bits per heavy atom. The molecule has 0 spiro atoms. The number of likely N-dealkylation sites (tertiary alicyclic amines) is 1. The Morgan fingerprint density at radius 3 is 2.50 bits per heavy atom. The van der Waals surface area contributed by atoms with E-state index >= 15 is 0 Å². The van der Waals surface area contributed by atoms with Gasteiger partial charge >= 0.3 is 0 Å². The summed E-state index contributed by atoms with van der Waals surface area (Å²) in [5, 5.41) is 6.82. The van der Waals surface area contributed by atoms with Crippen molar-refractivity contribution in [1.82, 2.24) is 14.9 Å². The lowest BCUT2D eigenvalue weighted by Gasteiger charge is -2.32. The van der Waals surface area contributed by atoms with Gasteiger partial charge in [-0.2, -0.15) is 0 Å². The topological polar surface area (TPSA) is 53.1 Å². The second-order valence-electron chi connectivity index (χ2n) is 5.63. The van der Waals surface area contributed by atoms with Crippen molar-refractivity contribution >= 4 is 11.6 Å². The van der Waals surface area contributed by atoms with Gasteiger partial charge in [0.1, 0.15) is 17.5 Å². The highest BCUT2D eigenvalue weighted by Crippen LogP contribution is 2.21. The first kappa shape index (κ1) is 15.0. The van der Waals surface area contributed by atoms with Crippen LogP contribution < -0.4 is 10.6 Å². The molecular weight excluding hydrogens is 250 g/mol. The van der Waals surface area contributed by atoms with Gasteiger partial charge in [0, 0.05) is 24.7 Å². The van der Waals surface area contributed by atoms with Gasteiger partial charge in [0.15, 0.2) is 0 Å². The van der Waals surface area contributed by atoms with Crippen molar-refractivity contribution in [3.8, 4) is 0 Å². The van der Waals surface area contributed by atoms with Crippen LogP contribution in [0, 0.1) is 13.8 Å². The quantitative estimate of drug-likeness (QED) is 0.865. The van der Waals surface area contributed by atoms with E-state index in [1.165, 1.54) is 25.8 Å². The summed E-state index contributed by atoms with van der Waals surface area (Å²) >= 11 is 0. The Labute approximate surface area is 122 Å². The van der Waals surface area contributed by atoms with Crippen LogP contribution in [-0.4, -0.2) is 47.6 Å². The standard InChI is InChI=1S/C15H27N5/c1-5-16-14-11(2)15(19-12(3)18-14)17-10-13-8-6-7-9-20(13)4/h13H,5-10H2,1-4H3,(H2,16,17,18,19). The largest absolute Gasteiger partial charge is 0.370 e. The molecule has 0 aromatic carbocycles. The molecule has 112 valence electrons. The van der Waals surface area contributed by atoms with E-state index < -0.39 is 0 Å². The van der Waals surface area contributed by atoms with Crippen molar-refractivity contribution in [2.75, 3.05) is 37.3 Å². The number of aromatic nitrogens is 2. The van der Waals surface area contributed by atoms with Crippen LogP contribution in [0.1, 0.15) is 37.6 Å². The van der Waals surface area contributed by atoms with E-state index in [-0.39, 0.29) is 0 Å². The summed E-state index contributed by atoms with van der Waals surface area (Å²) < 4.78 is 0. The molecule has 0 aliphatic carbocycles. The Bertz CT molecular complexity index is 446. The molecule has 0 amide bonds. The molecule has 2 rings (SSSR count). The highest BCUT2D eigenvalue weighted by Gasteiger charge is 2.19.